The van der Waals surface area contributed by atoms with Crippen molar-refractivity contribution in [3.05, 3.63) is 23.8 Å². The SMILES string of the molecule is C=C(C)CC1C=C(C)C(CC)S1. The van der Waals surface area contributed by atoms with E-state index in [9.17, 15) is 0 Å². The number of allylic oxidation sites excluding steroid dienone is 1. The highest BCUT2D eigenvalue weighted by molar-refractivity contribution is 8.01. The summed E-state index contributed by atoms with van der Waals surface area (Å²) in [6.07, 6.45) is 4.83. The normalized spacial score (nSPS) is 28.8. The molecule has 1 aliphatic heterocycles. The van der Waals surface area contributed by atoms with Gasteiger partial charge in [-0.05, 0) is 26.7 Å². The Bertz CT molecular complexity index is 203. The zero-order valence-corrected chi connectivity index (χ0v) is 9.08. The summed E-state index contributed by atoms with van der Waals surface area (Å²) in [6.45, 7) is 10.6. The van der Waals surface area contributed by atoms with E-state index in [4.69, 9.17) is 0 Å². The second kappa shape index (κ2) is 4.18. The lowest BCUT2D eigenvalue weighted by molar-refractivity contribution is 0.935. The molecule has 1 aliphatic rings. The molecule has 1 heterocycles. The quantitative estimate of drug-likeness (QED) is 0.598. The molecule has 2 atom stereocenters. The van der Waals surface area contributed by atoms with Crippen LogP contribution in [0.1, 0.15) is 33.6 Å². The topological polar surface area (TPSA) is 0 Å². The molecule has 0 saturated carbocycles. The maximum Gasteiger partial charge on any atom is 0.0272 e. The smallest absolute Gasteiger partial charge is 0.0272 e. The molecule has 0 bridgehead atoms. The molecule has 0 fully saturated rings. The van der Waals surface area contributed by atoms with Crippen LogP contribution in [0.4, 0.5) is 0 Å². The van der Waals surface area contributed by atoms with Crippen molar-refractivity contribution in [3.8, 4) is 0 Å². The monoisotopic (exact) mass is 182 g/mol. The van der Waals surface area contributed by atoms with Crippen LogP contribution in [-0.2, 0) is 0 Å². The zero-order valence-electron chi connectivity index (χ0n) is 8.26. The average Bonchev–Trinajstić information content (AvgIpc) is 2.29. The van der Waals surface area contributed by atoms with Crippen molar-refractivity contribution in [3.63, 3.8) is 0 Å². The van der Waals surface area contributed by atoms with Crippen LogP contribution in [0.15, 0.2) is 23.8 Å². The van der Waals surface area contributed by atoms with Gasteiger partial charge in [0.1, 0.15) is 0 Å². The average molecular weight is 182 g/mol. The zero-order chi connectivity index (χ0) is 9.14. The van der Waals surface area contributed by atoms with Gasteiger partial charge in [-0.3, -0.25) is 0 Å². The Kier molecular flexibility index (Phi) is 3.45. The molecule has 0 radical (unpaired) electrons. The summed E-state index contributed by atoms with van der Waals surface area (Å²) in [7, 11) is 0. The van der Waals surface area contributed by atoms with E-state index in [-0.39, 0.29) is 0 Å². The van der Waals surface area contributed by atoms with Crippen molar-refractivity contribution < 1.29 is 0 Å². The molecule has 1 heteroatoms. The number of thioether (sulfide) groups is 1. The number of hydrogen-bond acceptors (Lipinski definition) is 1. The lowest BCUT2D eigenvalue weighted by Crippen LogP contribution is -1.99. The Balaban J connectivity index is 2.48. The highest BCUT2D eigenvalue weighted by Crippen LogP contribution is 2.37. The van der Waals surface area contributed by atoms with Gasteiger partial charge in [0.15, 0.2) is 0 Å². The molecule has 0 aromatic heterocycles. The Morgan fingerprint density at radius 1 is 1.67 bits per heavy atom. The van der Waals surface area contributed by atoms with Gasteiger partial charge >= 0.3 is 0 Å². The molecule has 12 heavy (non-hydrogen) atoms. The molecule has 0 amide bonds. The van der Waals surface area contributed by atoms with E-state index >= 15 is 0 Å². The van der Waals surface area contributed by atoms with Crippen LogP contribution in [-0.4, -0.2) is 10.5 Å². The second-order valence-electron chi connectivity index (χ2n) is 3.64. The number of rotatable bonds is 3. The van der Waals surface area contributed by atoms with E-state index in [0.29, 0.717) is 5.25 Å². The molecule has 0 aliphatic carbocycles. The highest BCUT2D eigenvalue weighted by atomic mass is 32.2. The summed E-state index contributed by atoms with van der Waals surface area (Å²) >= 11 is 2.09. The minimum atomic E-state index is 0.701. The van der Waals surface area contributed by atoms with Crippen LogP contribution in [0.3, 0.4) is 0 Å². The van der Waals surface area contributed by atoms with E-state index in [1.807, 2.05) is 0 Å². The number of hydrogen-bond donors (Lipinski definition) is 0. The lowest BCUT2D eigenvalue weighted by atomic mass is 10.1. The summed E-state index contributed by atoms with van der Waals surface area (Å²) in [4.78, 5) is 0. The van der Waals surface area contributed by atoms with E-state index in [1.165, 1.54) is 12.0 Å². The fourth-order valence-electron chi connectivity index (χ4n) is 1.63. The van der Waals surface area contributed by atoms with E-state index in [2.05, 4.69) is 45.2 Å². The van der Waals surface area contributed by atoms with Gasteiger partial charge in [0.05, 0.1) is 0 Å². The molecule has 0 aromatic carbocycles. The predicted molar refractivity (Wildman–Crippen MR) is 58.6 cm³/mol. The van der Waals surface area contributed by atoms with Gasteiger partial charge < -0.3 is 0 Å². The first-order chi connectivity index (χ1) is 5.63. The lowest BCUT2D eigenvalue weighted by Gasteiger charge is -2.10. The van der Waals surface area contributed by atoms with Crippen LogP contribution in [0.25, 0.3) is 0 Å². The van der Waals surface area contributed by atoms with Crippen molar-refractivity contribution in [2.24, 2.45) is 0 Å². The first-order valence-corrected chi connectivity index (χ1v) is 5.56. The molecule has 68 valence electrons. The van der Waals surface area contributed by atoms with Gasteiger partial charge in [-0.25, -0.2) is 0 Å². The molecule has 1 rings (SSSR count). The van der Waals surface area contributed by atoms with Crippen LogP contribution in [0, 0.1) is 0 Å². The van der Waals surface area contributed by atoms with Crippen molar-refractivity contribution in [2.45, 2.75) is 44.1 Å². The van der Waals surface area contributed by atoms with E-state index < -0.39 is 0 Å². The van der Waals surface area contributed by atoms with Crippen molar-refractivity contribution in [1.29, 1.82) is 0 Å². The minimum Gasteiger partial charge on any atom is -0.146 e. The molecule has 0 aromatic rings. The molecule has 0 nitrogen and oxygen atoms in total. The Morgan fingerprint density at radius 3 is 2.75 bits per heavy atom. The predicted octanol–water partition coefficient (Wildman–Crippen LogP) is 3.79. The molecular formula is C11H18S. The first kappa shape index (κ1) is 9.91. The van der Waals surface area contributed by atoms with Crippen LogP contribution in [0.5, 0.6) is 0 Å². The fraction of sp³-hybridized carbons (Fsp3) is 0.636. The minimum absolute atomic E-state index is 0.701. The van der Waals surface area contributed by atoms with Gasteiger partial charge in [0, 0.05) is 10.5 Å². The molecule has 0 saturated heterocycles. The van der Waals surface area contributed by atoms with Crippen molar-refractivity contribution in [2.75, 3.05) is 0 Å². The summed E-state index contributed by atoms with van der Waals surface area (Å²) < 4.78 is 0. The Morgan fingerprint density at radius 2 is 2.33 bits per heavy atom. The summed E-state index contributed by atoms with van der Waals surface area (Å²) in [5.41, 5.74) is 2.86. The van der Waals surface area contributed by atoms with Crippen molar-refractivity contribution in [1.82, 2.24) is 0 Å². The standard InChI is InChI=1S/C11H18S/c1-5-11-9(4)7-10(12-11)6-8(2)3/h7,10-11H,2,5-6H2,1,3-4H3. The van der Waals surface area contributed by atoms with Gasteiger partial charge in [0.25, 0.3) is 0 Å². The van der Waals surface area contributed by atoms with Gasteiger partial charge in [-0.15, -0.1) is 18.3 Å². The second-order valence-corrected chi connectivity index (χ2v) is 5.09. The summed E-state index contributed by atoms with van der Waals surface area (Å²) in [6, 6.07) is 0. The van der Waals surface area contributed by atoms with E-state index in [1.54, 1.807) is 5.57 Å². The third kappa shape index (κ3) is 2.41. The third-order valence-electron chi connectivity index (χ3n) is 2.22. The molecule has 0 spiro atoms. The maximum atomic E-state index is 3.95. The van der Waals surface area contributed by atoms with Crippen LogP contribution in [0.2, 0.25) is 0 Å². The van der Waals surface area contributed by atoms with Crippen LogP contribution < -0.4 is 0 Å². The summed E-state index contributed by atoms with van der Waals surface area (Å²) in [5, 5.41) is 1.47. The first-order valence-electron chi connectivity index (χ1n) is 4.61. The Labute approximate surface area is 80.1 Å². The van der Waals surface area contributed by atoms with Crippen LogP contribution >= 0.6 is 11.8 Å². The molecule has 2 unspecified atom stereocenters. The van der Waals surface area contributed by atoms with Gasteiger partial charge in [-0.2, -0.15) is 0 Å². The van der Waals surface area contributed by atoms with Gasteiger partial charge in [0.2, 0.25) is 0 Å². The third-order valence-corrected chi connectivity index (χ3v) is 3.90. The van der Waals surface area contributed by atoms with Gasteiger partial charge in [-0.1, -0.05) is 24.1 Å². The molecule has 0 N–H and O–H groups in total. The largest absolute Gasteiger partial charge is 0.146 e. The fourth-order valence-corrected chi connectivity index (χ4v) is 3.21. The highest BCUT2D eigenvalue weighted by Gasteiger charge is 2.22. The summed E-state index contributed by atoms with van der Waals surface area (Å²) in [5.74, 6) is 0. The Hall–Kier alpha value is -0.170. The maximum absolute atomic E-state index is 3.95. The molecular weight excluding hydrogens is 164 g/mol. The van der Waals surface area contributed by atoms with Crippen molar-refractivity contribution >= 4 is 11.8 Å². The van der Waals surface area contributed by atoms with E-state index in [0.717, 1.165) is 11.7 Å².